The predicted molar refractivity (Wildman–Crippen MR) is 87.7 cm³/mol. The van der Waals surface area contributed by atoms with E-state index < -0.39 is 0 Å². The molecule has 0 spiro atoms. The Hall–Kier alpha value is -1.46. The van der Waals surface area contributed by atoms with Crippen LogP contribution in [0, 0.1) is 5.92 Å². The van der Waals surface area contributed by atoms with Crippen molar-refractivity contribution in [3.63, 3.8) is 0 Å². The molecule has 1 unspecified atom stereocenters. The molecule has 0 saturated heterocycles. The van der Waals surface area contributed by atoms with Crippen LogP contribution in [0.4, 0.5) is 4.79 Å². The number of nitrogens with zero attached hydrogens (tertiary/aromatic N) is 1. The molecule has 3 N–H and O–H groups in total. The lowest BCUT2D eigenvalue weighted by atomic mass is 10.0. The molecule has 0 aromatic carbocycles. The van der Waals surface area contributed by atoms with E-state index in [1.807, 2.05) is 0 Å². The van der Waals surface area contributed by atoms with E-state index in [9.17, 15) is 4.79 Å². The van der Waals surface area contributed by atoms with Crippen LogP contribution in [0.25, 0.3) is 0 Å². The van der Waals surface area contributed by atoms with Crippen molar-refractivity contribution in [2.75, 3.05) is 20.2 Å². The number of nitrogens with one attached hydrogen (secondary N) is 3. The van der Waals surface area contributed by atoms with Gasteiger partial charge in [0.05, 0.1) is 6.61 Å². The van der Waals surface area contributed by atoms with E-state index in [0.717, 1.165) is 12.4 Å². The van der Waals surface area contributed by atoms with Crippen molar-refractivity contribution < 1.29 is 9.53 Å². The van der Waals surface area contributed by atoms with Crippen LogP contribution < -0.4 is 16.0 Å². The first-order valence-corrected chi connectivity index (χ1v) is 7.60. The van der Waals surface area contributed by atoms with Gasteiger partial charge in [0.1, 0.15) is 0 Å². The highest BCUT2D eigenvalue weighted by atomic mass is 16.5. The number of ether oxygens (including phenoxy) is 1. The van der Waals surface area contributed by atoms with E-state index in [2.05, 4.69) is 55.6 Å². The molecule has 0 heterocycles. The lowest BCUT2D eigenvalue weighted by molar-refractivity contribution is 0.146. The second kappa shape index (κ2) is 9.47. The zero-order chi connectivity index (χ0) is 16.5. The molecule has 1 amide bonds. The molecule has 0 aliphatic rings. The SMILES string of the molecule is CCOC(=O)NC(CNC(=NC)NC(C)(C)C)CC(C)C. The minimum atomic E-state index is -0.372. The molecule has 0 aromatic heterocycles. The molecule has 0 aliphatic heterocycles. The number of alkyl carbamates (subject to hydrolysis) is 1. The number of rotatable bonds is 6. The van der Waals surface area contributed by atoms with Gasteiger partial charge in [-0.2, -0.15) is 0 Å². The fourth-order valence-corrected chi connectivity index (χ4v) is 1.86. The van der Waals surface area contributed by atoms with Gasteiger partial charge >= 0.3 is 6.09 Å². The molecule has 0 fully saturated rings. The Kier molecular flexibility index (Phi) is 8.81. The fraction of sp³-hybridized carbons (Fsp3) is 0.867. The molecule has 6 heteroatoms. The zero-order valence-electron chi connectivity index (χ0n) is 14.5. The van der Waals surface area contributed by atoms with Gasteiger partial charge in [-0.25, -0.2) is 4.79 Å². The lowest BCUT2D eigenvalue weighted by Crippen LogP contribution is -2.51. The Labute approximate surface area is 129 Å². The maximum Gasteiger partial charge on any atom is 0.407 e. The monoisotopic (exact) mass is 300 g/mol. The maximum absolute atomic E-state index is 11.6. The highest BCUT2D eigenvalue weighted by Crippen LogP contribution is 2.05. The Morgan fingerprint density at radius 1 is 1.29 bits per heavy atom. The van der Waals surface area contributed by atoms with Crippen LogP contribution in [-0.4, -0.2) is 43.8 Å². The largest absolute Gasteiger partial charge is 0.450 e. The maximum atomic E-state index is 11.6. The molecule has 0 rings (SSSR count). The van der Waals surface area contributed by atoms with Gasteiger partial charge < -0.3 is 20.7 Å². The van der Waals surface area contributed by atoms with Crippen molar-refractivity contribution in [2.45, 2.75) is 59.5 Å². The molecule has 0 bridgehead atoms. The predicted octanol–water partition coefficient (Wildman–Crippen LogP) is 2.11. The van der Waals surface area contributed by atoms with E-state index >= 15 is 0 Å². The van der Waals surface area contributed by atoms with Crippen LogP contribution in [0.1, 0.15) is 48.0 Å². The molecular weight excluding hydrogens is 268 g/mol. The van der Waals surface area contributed by atoms with Gasteiger partial charge in [0.2, 0.25) is 0 Å². The highest BCUT2D eigenvalue weighted by Gasteiger charge is 2.17. The third kappa shape index (κ3) is 10.9. The summed E-state index contributed by atoms with van der Waals surface area (Å²) in [5, 5.41) is 9.42. The van der Waals surface area contributed by atoms with Crippen LogP contribution in [0.3, 0.4) is 0 Å². The minimum Gasteiger partial charge on any atom is -0.450 e. The van der Waals surface area contributed by atoms with Gasteiger partial charge in [0, 0.05) is 25.2 Å². The molecule has 1 atom stereocenters. The van der Waals surface area contributed by atoms with Crippen LogP contribution in [0.2, 0.25) is 0 Å². The molecule has 0 radical (unpaired) electrons. The van der Waals surface area contributed by atoms with Gasteiger partial charge in [-0.05, 0) is 40.0 Å². The summed E-state index contributed by atoms with van der Waals surface area (Å²) in [4.78, 5) is 15.8. The average Bonchev–Trinajstić information content (AvgIpc) is 2.32. The zero-order valence-corrected chi connectivity index (χ0v) is 14.5. The number of guanidine groups is 1. The quantitative estimate of drug-likeness (QED) is 0.519. The standard InChI is InChI=1S/C15H32N4O2/c1-8-21-14(20)18-12(9-11(2)3)10-17-13(16-7)19-15(4,5)6/h11-12H,8-10H2,1-7H3,(H,18,20)(H2,16,17,19). The summed E-state index contributed by atoms with van der Waals surface area (Å²) >= 11 is 0. The Morgan fingerprint density at radius 3 is 2.33 bits per heavy atom. The average molecular weight is 300 g/mol. The van der Waals surface area contributed by atoms with Gasteiger partial charge in [-0.15, -0.1) is 0 Å². The summed E-state index contributed by atoms with van der Waals surface area (Å²) < 4.78 is 4.94. The third-order valence-corrected chi connectivity index (χ3v) is 2.59. The number of hydrogen-bond donors (Lipinski definition) is 3. The number of hydrogen-bond acceptors (Lipinski definition) is 3. The molecule has 21 heavy (non-hydrogen) atoms. The summed E-state index contributed by atoms with van der Waals surface area (Å²) in [6.45, 7) is 13.2. The summed E-state index contributed by atoms with van der Waals surface area (Å²) in [6, 6.07) is 0.00238. The normalized spacial score (nSPS) is 13.8. The van der Waals surface area contributed by atoms with Crippen LogP contribution >= 0.6 is 0 Å². The summed E-state index contributed by atoms with van der Waals surface area (Å²) in [7, 11) is 1.73. The summed E-state index contributed by atoms with van der Waals surface area (Å²) in [6.07, 6.45) is 0.502. The molecule has 0 aliphatic carbocycles. The molecule has 0 aromatic rings. The van der Waals surface area contributed by atoms with E-state index in [-0.39, 0.29) is 17.7 Å². The Balaban J connectivity index is 4.49. The van der Waals surface area contributed by atoms with Crippen LogP contribution in [0.15, 0.2) is 4.99 Å². The van der Waals surface area contributed by atoms with E-state index in [1.54, 1.807) is 14.0 Å². The first-order chi connectivity index (χ1) is 9.67. The smallest absolute Gasteiger partial charge is 0.407 e. The number of aliphatic imine (C=N–C) groups is 1. The molecule has 0 saturated carbocycles. The first-order valence-electron chi connectivity index (χ1n) is 7.60. The second-order valence-electron chi connectivity index (χ2n) is 6.52. The summed E-state index contributed by atoms with van der Waals surface area (Å²) in [5.74, 6) is 1.21. The number of carbonyl (C=O) groups excluding carboxylic acids is 1. The van der Waals surface area contributed by atoms with Crippen molar-refractivity contribution in [2.24, 2.45) is 10.9 Å². The molecule has 124 valence electrons. The lowest BCUT2D eigenvalue weighted by Gasteiger charge is -2.26. The fourth-order valence-electron chi connectivity index (χ4n) is 1.86. The minimum absolute atomic E-state index is 0.00238. The van der Waals surface area contributed by atoms with Crippen LogP contribution in [-0.2, 0) is 4.74 Å². The topological polar surface area (TPSA) is 74.8 Å². The van der Waals surface area contributed by atoms with E-state index in [1.165, 1.54) is 0 Å². The van der Waals surface area contributed by atoms with Crippen molar-refractivity contribution in [1.82, 2.24) is 16.0 Å². The van der Waals surface area contributed by atoms with Gasteiger partial charge in [-0.1, -0.05) is 13.8 Å². The molecular formula is C15H32N4O2. The second-order valence-corrected chi connectivity index (χ2v) is 6.52. The van der Waals surface area contributed by atoms with Gasteiger partial charge in [-0.3, -0.25) is 4.99 Å². The van der Waals surface area contributed by atoms with E-state index in [4.69, 9.17) is 4.74 Å². The number of amides is 1. The van der Waals surface area contributed by atoms with Crippen molar-refractivity contribution in [3.8, 4) is 0 Å². The highest BCUT2D eigenvalue weighted by molar-refractivity contribution is 5.80. The summed E-state index contributed by atoms with van der Waals surface area (Å²) in [5.41, 5.74) is -0.0655. The first kappa shape index (κ1) is 19.5. The Bertz CT molecular complexity index is 335. The van der Waals surface area contributed by atoms with Crippen molar-refractivity contribution >= 4 is 12.1 Å². The number of carbonyl (C=O) groups is 1. The van der Waals surface area contributed by atoms with Crippen LogP contribution in [0.5, 0.6) is 0 Å². The third-order valence-electron chi connectivity index (χ3n) is 2.59. The Morgan fingerprint density at radius 2 is 1.90 bits per heavy atom. The van der Waals surface area contributed by atoms with Crippen molar-refractivity contribution in [1.29, 1.82) is 0 Å². The molecule has 6 nitrogen and oxygen atoms in total. The van der Waals surface area contributed by atoms with Crippen molar-refractivity contribution in [3.05, 3.63) is 0 Å². The van der Waals surface area contributed by atoms with E-state index in [0.29, 0.717) is 19.1 Å². The van der Waals surface area contributed by atoms with Gasteiger partial charge in [0.25, 0.3) is 0 Å². The van der Waals surface area contributed by atoms with Gasteiger partial charge in [0.15, 0.2) is 5.96 Å².